The maximum absolute atomic E-state index is 12.7. The van der Waals surface area contributed by atoms with Crippen LogP contribution in [-0.2, 0) is 15.1 Å². The summed E-state index contributed by atoms with van der Waals surface area (Å²) in [5.41, 5.74) is -0.260. The molecule has 7 nitrogen and oxygen atoms in total. The van der Waals surface area contributed by atoms with E-state index in [2.05, 4.69) is 29.5 Å². The van der Waals surface area contributed by atoms with E-state index in [0.29, 0.717) is 30.4 Å². The number of carboxylic acids is 1. The minimum Gasteiger partial charge on any atom is -0.479 e. The fourth-order valence-corrected chi connectivity index (χ4v) is 4.34. The van der Waals surface area contributed by atoms with Gasteiger partial charge in [-0.25, -0.2) is 9.48 Å². The first-order valence-electron chi connectivity index (χ1n) is 9.37. The number of rotatable bonds is 7. The molecule has 3 saturated carbocycles. The molecule has 2 N–H and O–H groups in total. The van der Waals surface area contributed by atoms with E-state index in [1.54, 1.807) is 6.20 Å². The van der Waals surface area contributed by atoms with Crippen molar-refractivity contribution in [3.8, 4) is 0 Å². The predicted octanol–water partition coefficient (Wildman–Crippen LogP) is 2.10. The quantitative estimate of drug-likeness (QED) is 0.788. The van der Waals surface area contributed by atoms with Crippen molar-refractivity contribution in [2.75, 3.05) is 0 Å². The van der Waals surface area contributed by atoms with E-state index in [9.17, 15) is 14.7 Å². The van der Waals surface area contributed by atoms with Gasteiger partial charge in [-0.05, 0) is 56.3 Å². The molecule has 0 aromatic carbocycles. The Kier molecular flexibility index (Phi) is 3.85. The summed E-state index contributed by atoms with van der Waals surface area (Å²) in [6.45, 7) is 4.21. The molecule has 4 atom stereocenters. The third-order valence-electron chi connectivity index (χ3n) is 6.13. The summed E-state index contributed by atoms with van der Waals surface area (Å²) in [7, 11) is 0. The first-order valence-corrected chi connectivity index (χ1v) is 9.37. The fraction of sp³-hybridized carbons (Fsp3) is 0.778. The number of carbonyl (C=O) groups excluding carboxylic acids is 1. The number of amides is 1. The summed E-state index contributed by atoms with van der Waals surface area (Å²) in [6.07, 6.45) is 7.01. The number of hydrogen-bond acceptors (Lipinski definition) is 4. The van der Waals surface area contributed by atoms with Crippen molar-refractivity contribution in [2.45, 2.75) is 64.0 Å². The predicted molar refractivity (Wildman–Crippen MR) is 89.5 cm³/mol. The van der Waals surface area contributed by atoms with Crippen molar-refractivity contribution in [3.05, 3.63) is 11.9 Å². The van der Waals surface area contributed by atoms with Crippen LogP contribution in [0.2, 0.25) is 0 Å². The number of carbonyl (C=O) groups is 2. The van der Waals surface area contributed by atoms with E-state index < -0.39 is 11.5 Å². The van der Waals surface area contributed by atoms with Gasteiger partial charge in [0.15, 0.2) is 5.54 Å². The number of nitrogens with one attached hydrogen (secondary N) is 1. The van der Waals surface area contributed by atoms with Gasteiger partial charge >= 0.3 is 5.97 Å². The molecule has 1 aromatic heterocycles. The Morgan fingerprint density at radius 2 is 2.16 bits per heavy atom. The molecule has 1 amide bonds. The first kappa shape index (κ1) is 16.5. The molecule has 0 radical (unpaired) electrons. The number of carboxylic acid groups (broad SMARTS) is 1. The molecule has 4 rings (SSSR count). The van der Waals surface area contributed by atoms with Crippen molar-refractivity contribution in [2.24, 2.45) is 23.7 Å². The van der Waals surface area contributed by atoms with Gasteiger partial charge in [0.05, 0.1) is 12.2 Å². The molecule has 25 heavy (non-hydrogen) atoms. The zero-order valence-corrected chi connectivity index (χ0v) is 14.8. The summed E-state index contributed by atoms with van der Waals surface area (Å²) >= 11 is 0. The number of fused-ring (bicyclic) bond motifs is 1. The zero-order chi connectivity index (χ0) is 17.8. The highest BCUT2D eigenvalue weighted by molar-refractivity contribution is 5.80. The standard InChI is InChI=1S/C18H26N4O3/c1-10(2)7-14(19-16(23)12-4-3-11-8-13(11)12)15-9-22(21-20-15)18(5-6-18)17(24)25/h9-14H,3-8H2,1-2H3,(H,19,23)(H,24,25)/t11-,12-,13+,14-/m1/s1. The van der Waals surface area contributed by atoms with Gasteiger partial charge in [0.25, 0.3) is 0 Å². The Labute approximate surface area is 147 Å². The second-order valence-corrected chi connectivity index (χ2v) is 8.46. The molecule has 0 saturated heterocycles. The van der Waals surface area contributed by atoms with Crippen LogP contribution in [0, 0.1) is 23.7 Å². The third-order valence-corrected chi connectivity index (χ3v) is 6.13. The van der Waals surface area contributed by atoms with Gasteiger partial charge in [-0.3, -0.25) is 4.79 Å². The molecular weight excluding hydrogens is 320 g/mol. The molecule has 136 valence electrons. The minimum atomic E-state index is -0.926. The number of hydrogen-bond donors (Lipinski definition) is 2. The molecular formula is C18H26N4O3. The molecule has 1 heterocycles. The van der Waals surface area contributed by atoms with E-state index in [-0.39, 0.29) is 17.9 Å². The molecule has 0 bridgehead atoms. The summed E-state index contributed by atoms with van der Waals surface area (Å²) in [6, 6.07) is -0.205. The summed E-state index contributed by atoms with van der Waals surface area (Å²) in [5, 5.41) is 20.9. The van der Waals surface area contributed by atoms with Crippen LogP contribution >= 0.6 is 0 Å². The minimum absolute atomic E-state index is 0.129. The Balaban J connectivity index is 1.50. The van der Waals surface area contributed by atoms with Crippen LogP contribution in [0.1, 0.15) is 64.1 Å². The van der Waals surface area contributed by atoms with Gasteiger partial charge in [-0.1, -0.05) is 19.1 Å². The Morgan fingerprint density at radius 1 is 1.40 bits per heavy atom. The van der Waals surface area contributed by atoms with Crippen molar-refractivity contribution in [3.63, 3.8) is 0 Å². The lowest BCUT2D eigenvalue weighted by Crippen LogP contribution is -2.35. The normalized spacial score (nSPS) is 30.0. The molecule has 7 heteroatoms. The lowest BCUT2D eigenvalue weighted by Gasteiger charge is -2.21. The summed E-state index contributed by atoms with van der Waals surface area (Å²) in [4.78, 5) is 24.2. The van der Waals surface area contributed by atoms with Crippen LogP contribution in [0.25, 0.3) is 0 Å². The maximum atomic E-state index is 12.7. The monoisotopic (exact) mass is 346 g/mol. The van der Waals surface area contributed by atoms with Gasteiger partial charge in [-0.15, -0.1) is 5.10 Å². The highest BCUT2D eigenvalue weighted by atomic mass is 16.4. The third kappa shape index (κ3) is 2.93. The van der Waals surface area contributed by atoms with E-state index >= 15 is 0 Å². The lowest BCUT2D eigenvalue weighted by molar-refractivity contribution is -0.142. The zero-order valence-electron chi connectivity index (χ0n) is 14.8. The largest absolute Gasteiger partial charge is 0.479 e. The van der Waals surface area contributed by atoms with Crippen molar-refractivity contribution < 1.29 is 14.7 Å². The average molecular weight is 346 g/mol. The van der Waals surface area contributed by atoms with Crippen molar-refractivity contribution in [1.29, 1.82) is 0 Å². The van der Waals surface area contributed by atoms with Gasteiger partial charge < -0.3 is 10.4 Å². The van der Waals surface area contributed by atoms with Gasteiger partial charge in [0.2, 0.25) is 5.91 Å². The second-order valence-electron chi connectivity index (χ2n) is 8.46. The molecule has 0 unspecified atom stereocenters. The van der Waals surface area contributed by atoms with Crippen LogP contribution in [0.5, 0.6) is 0 Å². The van der Waals surface area contributed by atoms with E-state index in [0.717, 1.165) is 18.8 Å². The Hall–Kier alpha value is -1.92. The van der Waals surface area contributed by atoms with E-state index in [1.807, 2.05) is 0 Å². The molecule has 0 aliphatic heterocycles. The summed E-state index contributed by atoms with van der Waals surface area (Å²) < 4.78 is 1.47. The first-order chi connectivity index (χ1) is 11.9. The van der Waals surface area contributed by atoms with Gasteiger partial charge in [0.1, 0.15) is 5.69 Å². The highest BCUT2D eigenvalue weighted by Crippen LogP contribution is 2.55. The molecule has 0 spiro atoms. The summed E-state index contributed by atoms with van der Waals surface area (Å²) in [5.74, 6) is 1.15. The molecule has 3 aliphatic rings. The Bertz CT molecular complexity index is 694. The number of aromatic nitrogens is 3. The van der Waals surface area contributed by atoms with Crippen LogP contribution in [0.4, 0.5) is 0 Å². The SMILES string of the molecule is CC(C)C[C@@H](NC(=O)[C@@H]1CC[C@@H]2C[C@@H]21)c1cn(C2(C(=O)O)CC2)nn1. The van der Waals surface area contributed by atoms with Crippen molar-refractivity contribution in [1.82, 2.24) is 20.3 Å². The van der Waals surface area contributed by atoms with Gasteiger partial charge in [0, 0.05) is 5.92 Å². The maximum Gasteiger partial charge on any atom is 0.331 e. The van der Waals surface area contributed by atoms with Crippen LogP contribution in [0.3, 0.4) is 0 Å². The van der Waals surface area contributed by atoms with Gasteiger partial charge in [-0.2, -0.15) is 0 Å². The van der Waals surface area contributed by atoms with Crippen LogP contribution < -0.4 is 5.32 Å². The van der Waals surface area contributed by atoms with Crippen molar-refractivity contribution >= 4 is 11.9 Å². The number of aliphatic carboxylic acids is 1. The molecule has 3 fully saturated rings. The van der Waals surface area contributed by atoms with Crippen LogP contribution in [0.15, 0.2) is 6.20 Å². The highest BCUT2D eigenvalue weighted by Gasteiger charge is 2.54. The van der Waals surface area contributed by atoms with E-state index in [1.165, 1.54) is 17.5 Å². The fourth-order valence-electron chi connectivity index (χ4n) is 4.34. The molecule has 3 aliphatic carbocycles. The second kappa shape index (κ2) is 5.81. The molecule has 1 aromatic rings. The van der Waals surface area contributed by atoms with Crippen LogP contribution in [-0.4, -0.2) is 32.0 Å². The van der Waals surface area contributed by atoms with E-state index in [4.69, 9.17) is 0 Å². The topological polar surface area (TPSA) is 97.1 Å². The number of nitrogens with zero attached hydrogens (tertiary/aromatic N) is 3. The Morgan fingerprint density at radius 3 is 2.68 bits per heavy atom. The lowest BCUT2D eigenvalue weighted by atomic mass is 9.98. The smallest absolute Gasteiger partial charge is 0.331 e. The average Bonchev–Trinajstić information content (AvgIpc) is 3.43.